The number of carbonyl (C=O) groups excluding carboxylic acids is 1. The predicted molar refractivity (Wildman–Crippen MR) is 138 cm³/mol. The lowest BCUT2D eigenvalue weighted by atomic mass is 9.90. The first kappa shape index (κ1) is 25.3. The Labute approximate surface area is 219 Å². The molecule has 4 heterocycles. The van der Waals surface area contributed by atoms with E-state index in [1.807, 2.05) is 12.1 Å². The molecule has 1 fully saturated rings. The number of fused-ring (bicyclic) bond motifs is 1. The van der Waals surface area contributed by atoms with E-state index in [1.165, 1.54) is 11.8 Å². The van der Waals surface area contributed by atoms with Gasteiger partial charge in [0.2, 0.25) is 5.95 Å². The second-order valence-electron chi connectivity index (χ2n) is 8.72. The smallest absolute Gasteiger partial charge is 0.340 e. The highest BCUT2D eigenvalue weighted by atomic mass is 35.5. The Hall–Kier alpha value is -2.34. The van der Waals surface area contributed by atoms with Crippen LogP contribution in [-0.4, -0.2) is 53.2 Å². The number of rotatable bonds is 4. The van der Waals surface area contributed by atoms with Crippen molar-refractivity contribution in [2.75, 3.05) is 37.8 Å². The fourth-order valence-electron chi connectivity index (χ4n) is 4.32. The molecule has 1 saturated heterocycles. The van der Waals surface area contributed by atoms with Crippen LogP contribution in [-0.2, 0) is 6.18 Å². The number of anilines is 2. The Balaban J connectivity index is 1.52. The minimum absolute atomic E-state index is 0.00190. The Kier molecular flexibility index (Phi) is 7.17. The highest BCUT2D eigenvalue weighted by molar-refractivity contribution is 7.99. The van der Waals surface area contributed by atoms with Crippen LogP contribution in [0.3, 0.4) is 0 Å². The van der Waals surface area contributed by atoms with Gasteiger partial charge in [0.25, 0.3) is 5.91 Å². The average molecular weight is 554 g/mol. The normalized spacial score (nSPS) is 17.1. The van der Waals surface area contributed by atoms with Crippen LogP contribution in [0.15, 0.2) is 35.4 Å². The summed E-state index contributed by atoms with van der Waals surface area (Å²) in [5.41, 5.74) is 0.425. The third-order valence-electron chi connectivity index (χ3n) is 6.30. The number of nitrogens with zero attached hydrogens (tertiary/aromatic N) is 3. The van der Waals surface area contributed by atoms with Crippen LogP contribution in [0.1, 0.15) is 39.6 Å². The fourth-order valence-corrected chi connectivity index (χ4v) is 6.92. The Morgan fingerprint density at radius 1 is 1.22 bits per heavy atom. The first-order valence-electron chi connectivity index (χ1n) is 11.4. The van der Waals surface area contributed by atoms with E-state index < -0.39 is 11.7 Å². The minimum atomic E-state index is -4.66. The summed E-state index contributed by atoms with van der Waals surface area (Å²) in [6.07, 6.45) is -1.88. The van der Waals surface area contributed by atoms with Crippen molar-refractivity contribution < 1.29 is 18.0 Å². The summed E-state index contributed by atoms with van der Waals surface area (Å²) in [6, 6.07) is 7.29. The van der Waals surface area contributed by atoms with Crippen molar-refractivity contribution in [3.63, 3.8) is 0 Å². The van der Waals surface area contributed by atoms with Gasteiger partial charge in [-0.2, -0.15) is 13.2 Å². The van der Waals surface area contributed by atoms with Gasteiger partial charge in [0, 0.05) is 30.4 Å². The van der Waals surface area contributed by atoms with Crippen LogP contribution < -0.4 is 10.6 Å². The van der Waals surface area contributed by atoms with Crippen molar-refractivity contribution >= 4 is 52.2 Å². The molecule has 3 aromatic rings. The molecule has 0 unspecified atom stereocenters. The second-order valence-corrected chi connectivity index (χ2v) is 11.3. The monoisotopic (exact) mass is 553 g/mol. The van der Waals surface area contributed by atoms with Crippen LogP contribution in [0.4, 0.5) is 24.8 Å². The molecular formula is C24H23ClF3N5OS2. The summed E-state index contributed by atoms with van der Waals surface area (Å²) in [7, 11) is 1.69. The topological polar surface area (TPSA) is 70.2 Å². The van der Waals surface area contributed by atoms with Gasteiger partial charge in [-0.05, 0) is 55.6 Å². The van der Waals surface area contributed by atoms with Gasteiger partial charge in [0.1, 0.15) is 10.4 Å². The lowest BCUT2D eigenvalue weighted by Crippen LogP contribution is -2.26. The van der Waals surface area contributed by atoms with E-state index >= 15 is 0 Å². The molecule has 190 valence electrons. The Morgan fingerprint density at radius 2 is 2.00 bits per heavy atom. The van der Waals surface area contributed by atoms with E-state index in [4.69, 9.17) is 11.6 Å². The molecule has 0 spiro atoms. The molecule has 0 aliphatic carbocycles. The summed E-state index contributed by atoms with van der Waals surface area (Å²) in [5.74, 6) is 0.846. The zero-order valence-corrected chi connectivity index (χ0v) is 21.7. The Bertz CT molecular complexity index is 1290. The number of amides is 1. The highest BCUT2D eigenvalue weighted by Crippen LogP contribution is 2.43. The van der Waals surface area contributed by atoms with Crippen molar-refractivity contribution in [3.8, 4) is 10.6 Å². The van der Waals surface area contributed by atoms with E-state index in [-0.39, 0.29) is 22.4 Å². The number of benzene rings is 1. The number of hydrogen-bond acceptors (Lipinski definition) is 7. The van der Waals surface area contributed by atoms with Crippen LogP contribution >= 0.6 is 34.7 Å². The third kappa shape index (κ3) is 5.20. The lowest BCUT2D eigenvalue weighted by molar-refractivity contribution is -0.137. The van der Waals surface area contributed by atoms with Crippen LogP contribution in [0.2, 0.25) is 5.02 Å². The Morgan fingerprint density at radius 3 is 2.75 bits per heavy atom. The van der Waals surface area contributed by atoms with Crippen molar-refractivity contribution in [3.05, 3.63) is 51.5 Å². The number of carbonyl (C=O) groups is 1. The molecular weight excluding hydrogens is 531 g/mol. The number of aromatic nitrogens is 2. The van der Waals surface area contributed by atoms with E-state index in [1.54, 1.807) is 24.1 Å². The quantitative estimate of drug-likeness (QED) is 0.397. The average Bonchev–Trinajstić information content (AvgIpc) is 3.23. The zero-order valence-electron chi connectivity index (χ0n) is 19.3. The van der Waals surface area contributed by atoms with Crippen LogP contribution in [0.5, 0.6) is 0 Å². The maximum absolute atomic E-state index is 13.9. The number of hydrogen-bond donors (Lipinski definition) is 2. The zero-order chi connectivity index (χ0) is 25.4. The number of thiophene rings is 1. The molecule has 2 N–H and O–H groups in total. The largest absolute Gasteiger partial charge is 0.420 e. The molecule has 2 aliphatic rings. The lowest BCUT2D eigenvalue weighted by Gasteiger charge is -2.23. The van der Waals surface area contributed by atoms with Crippen molar-refractivity contribution in [1.29, 1.82) is 0 Å². The van der Waals surface area contributed by atoms with E-state index in [9.17, 15) is 18.0 Å². The molecule has 6 nitrogen and oxygen atoms in total. The summed E-state index contributed by atoms with van der Waals surface area (Å²) in [6.45, 7) is 2.44. The molecule has 5 rings (SSSR count). The first-order valence-corrected chi connectivity index (χ1v) is 13.6. The molecule has 0 radical (unpaired) electrons. The highest BCUT2D eigenvalue weighted by Gasteiger charge is 2.37. The van der Waals surface area contributed by atoms with Gasteiger partial charge >= 0.3 is 6.18 Å². The fraction of sp³-hybridized carbons (Fsp3) is 0.375. The molecule has 0 bridgehead atoms. The molecule has 1 aromatic carbocycles. The van der Waals surface area contributed by atoms with E-state index in [0.717, 1.165) is 49.0 Å². The van der Waals surface area contributed by atoms with E-state index in [0.29, 0.717) is 38.7 Å². The maximum atomic E-state index is 13.9. The molecule has 12 heteroatoms. The molecule has 0 saturated carbocycles. The summed E-state index contributed by atoms with van der Waals surface area (Å²) in [5, 5.41) is 6.78. The first-order chi connectivity index (χ1) is 17.2. The number of alkyl halides is 3. The van der Waals surface area contributed by atoms with Gasteiger partial charge in [-0.1, -0.05) is 17.7 Å². The van der Waals surface area contributed by atoms with Gasteiger partial charge in [-0.3, -0.25) is 4.79 Å². The van der Waals surface area contributed by atoms with Crippen molar-refractivity contribution in [2.24, 2.45) is 0 Å². The third-order valence-corrected chi connectivity index (χ3v) is 8.91. The molecule has 0 atom stereocenters. The standard InChI is InChI=1S/C24H23ClF3N5OS2/c1-33-8-9-35-19-11-18(36-21(19)22(33)34)20-15(24(26,27)28)12-30-23(32-20)31-17-10-14(2-3-16(17)25)13-4-6-29-7-5-13/h2-3,10-13,29H,4-9H2,1H3,(H,30,31,32). The van der Waals surface area contributed by atoms with Gasteiger partial charge in [0.05, 0.1) is 21.3 Å². The number of piperidine rings is 1. The summed E-state index contributed by atoms with van der Waals surface area (Å²) in [4.78, 5) is 23.9. The van der Waals surface area contributed by atoms with Gasteiger partial charge in [0.15, 0.2) is 0 Å². The van der Waals surface area contributed by atoms with Crippen LogP contribution in [0, 0.1) is 0 Å². The SMILES string of the molecule is CN1CCSc2cc(-c3nc(Nc4cc(C5CCNCC5)ccc4Cl)ncc3C(F)(F)F)sc2C1=O. The molecule has 2 aromatic heterocycles. The van der Waals surface area contributed by atoms with Crippen molar-refractivity contribution in [1.82, 2.24) is 20.2 Å². The second kappa shape index (κ2) is 10.2. The van der Waals surface area contributed by atoms with Gasteiger partial charge in [-0.25, -0.2) is 9.97 Å². The number of thioether (sulfide) groups is 1. The van der Waals surface area contributed by atoms with Crippen molar-refractivity contribution in [2.45, 2.75) is 29.8 Å². The van der Waals surface area contributed by atoms with E-state index in [2.05, 4.69) is 20.6 Å². The number of halogens is 4. The summed E-state index contributed by atoms with van der Waals surface area (Å²) < 4.78 is 41.7. The molecule has 36 heavy (non-hydrogen) atoms. The number of nitrogens with one attached hydrogen (secondary N) is 2. The molecule has 1 amide bonds. The molecule has 2 aliphatic heterocycles. The van der Waals surface area contributed by atoms with Crippen LogP contribution in [0.25, 0.3) is 10.6 Å². The van der Waals surface area contributed by atoms with Gasteiger partial charge < -0.3 is 15.5 Å². The van der Waals surface area contributed by atoms with Gasteiger partial charge in [-0.15, -0.1) is 23.1 Å². The maximum Gasteiger partial charge on any atom is 0.420 e. The summed E-state index contributed by atoms with van der Waals surface area (Å²) >= 11 is 8.88. The minimum Gasteiger partial charge on any atom is -0.340 e. The predicted octanol–water partition coefficient (Wildman–Crippen LogP) is 6.27.